The highest BCUT2D eigenvalue weighted by molar-refractivity contribution is 5.30. The van der Waals surface area contributed by atoms with Crippen LogP contribution in [0.2, 0.25) is 0 Å². The standard InChI is InChI=1S/C18H32N2/c1-7-14(3)12-20(6)13-18(19-8-2)17-10-15(4)9-16(5)11-17/h9-11,14,18-19H,7-8,12-13H2,1-6H3. The van der Waals surface area contributed by atoms with Gasteiger partial charge in [0.25, 0.3) is 0 Å². The molecule has 0 bridgehead atoms. The molecule has 1 N–H and O–H groups in total. The fourth-order valence-corrected chi connectivity index (χ4v) is 2.79. The molecule has 0 aliphatic rings. The van der Waals surface area contributed by atoms with Crippen molar-refractivity contribution in [2.45, 2.75) is 47.1 Å². The van der Waals surface area contributed by atoms with Crippen LogP contribution in [0.4, 0.5) is 0 Å². The number of likely N-dealkylation sites (N-methyl/N-ethyl adjacent to an activating group) is 2. The molecule has 114 valence electrons. The van der Waals surface area contributed by atoms with Crippen LogP contribution in [-0.2, 0) is 0 Å². The summed E-state index contributed by atoms with van der Waals surface area (Å²) in [5.74, 6) is 0.765. The fraction of sp³-hybridized carbons (Fsp3) is 0.667. The topological polar surface area (TPSA) is 15.3 Å². The van der Waals surface area contributed by atoms with Gasteiger partial charge in [0.1, 0.15) is 0 Å². The minimum atomic E-state index is 0.424. The van der Waals surface area contributed by atoms with Crippen LogP contribution in [0, 0.1) is 19.8 Å². The first-order valence-corrected chi connectivity index (χ1v) is 7.96. The van der Waals surface area contributed by atoms with Crippen molar-refractivity contribution in [2.24, 2.45) is 5.92 Å². The molecule has 1 aromatic rings. The second kappa shape index (κ2) is 8.43. The number of nitrogens with one attached hydrogen (secondary N) is 1. The smallest absolute Gasteiger partial charge is 0.0449 e. The van der Waals surface area contributed by atoms with E-state index in [2.05, 4.69) is 70.1 Å². The predicted molar refractivity (Wildman–Crippen MR) is 89.3 cm³/mol. The van der Waals surface area contributed by atoms with Gasteiger partial charge in [-0.3, -0.25) is 0 Å². The van der Waals surface area contributed by atoms with Crippen molar-refractivity contribution in [1.82, 2.24) is 10.2 Å². The Balaban J connectivity index is 2.77. The monoisotopic (exact) mass is 276 g/mol. The van der Waals surface area contributed by atoms with E-state index in [1.807, 2.05) is 0 Å². The lowest BCUT2D eigenvalue weighted by atomic mass is 10.0. The second-order valence-electron chi connectivity index (χ2n) is 6.27. The molecule has 0 amide bonds. The zero-order valence-corrected chi connectivity index (χ0v) is 14.2. The van der Waals surface area contributed by atoms with Crippen molar-refractivity contribution >= 4 is 0 Å². The number of hydrogen-bond acceptors (Lipinski definition) is 2. The zero-order chi connectivity index (χ0) is 15.1. The van der Waals surface area contributed by atoms with Crippen molar-refractivity contribution in [1.29, 1.82) is 0 Å². The maximum atomic E-state index is 3.63. The Kier molecular flexibility index (Phi) is 7.25. The summed E-state index contributed by atoms with van der Waals surface area (Å²) in [6.07, 6.45) is 1.25. The van der Waals surface area contributed by atoms with E-state index in [4.69, 9.17) is 0 Å². The lowest BCUT2D eigenvalue weighted by Gasteiger charge is -2.27. The highest BCUT2D eigenvalue weighted by Crippen LogP contribution is 2.18. The molecule has 2 heteroatoms. The Bertz CT molecular complexity index is 380. The van der Waals surface area contributed by atoms with Gasteiger partial charge in [-0.15, -0.1) is 0 Å². The molecule has 0 saturated heterocycles. The molecule has 2 unspecified atom stereocenters. The number of nitrogens with zero attached hydrogens (tertiary/aromatic N) is 1. The molecule has 0 aliphatic carbocycles. The molecule has 2 nitrogen and oxygen atoms in total. The highest BCUT2D eigenvalue weighted by atomic mass is 15.1. The third-order valence-electron chi connectivity index (χ3n) is 3.91. The van der Waals surface area contributed by atoms with Gasteiger partial charge >= 0.3 is 0 Å². The fourth-order valence-electron chi connectivity index (χ4n) is 2.79. The lowest BCUT2D eigenvalue weighted by molar-refractivity contribution is 0.253. The van der Waals surface area contributed by atoms with Gasteiger partial charge in [0, 0.05) is 19.1 Å². The van der Waals surface area contributed by atoms with E-state index in [-0.39, 0.29) is 0 Å². The molecule has 1 aromatic carbocycles. The Hall–Kier alpha value is -0.860. The zero-order valence-electron chi connectivity index (χ0n) is 14.2. The van der Waals surface area contributed by atoms with E-state index in [1.54, 1.807) is 0 Å². The Labute approximate surface area is 125 Å². The van der Waals surface area contributed by atoms with E-state index >= 15 is 0 Å². The van der Waals surface area contributed by atoms with Crippen molar-refractivity contribution in [3.63, 3.8) is 0 Å². The number of aryl methyl sites for hydroxylation is 2. The van der Waals surface area contributed by atoms with E-state index in [9.17, 15) is 0 Å². The van der Waals surface area contributed by atoms with Crippen LogP contribution in [0.3, 0.4) is 0 Å². The molecule has 2 atom stereocenters. The van der Waals surface area contributed by atoms with Crippen LogP contribution >= 0.6 is 0 Å². The van der Waals surface area contributed by atoms with Gasteiger partial charge in [-0.2, -0.15) is 0 Å². The van der Waals surface area contributed by atoms with Gasteiger partial charge in [-0.05, 0) is 38.9 Å². The summed E-state index contributed by atoms with van der Waals surface area (Å²) in [6, 6.07) is 7.30. The number of benzene rings is 1. The van der Waals surface area contributed by atoms with Crippen LogP contribution in [0.25, 0.3) is 0 Å². The molecule has 0 spiro atoms. The van der Waals surface area contributed by atoms with Crippen molar-refractivity contribution in [3.05, 3.63) is 34.9 Å². The quantitative estimate of drug-likeness (QED) is 0.774. The van der Waals surface area contributed by atoms with Gasteiger partial charge in [0.05, 0.1) is 0 Å². The first-order valence-electron chi connectivity index (χ1n) is 7.96. The van der Waals surface area contributed by atoms with Crippen molar-refractivity contribution < 1.29 is 0 Å². The minimum Gasteiger partial charge on any atom is -0.309 e. The molecule has 0 aromatic heterocycles. The average molecular weight is 276 g/mol. The van der Waals surface area contributed by atoms with E-state index in [0.717, 1.165) is 19.0 Å². The third kappa shape index (κ3) is 5.64. The van der Waals surface area contributed by atoms with E-state index in [1.165, 1.54) is 29.7 Å². The summed E-state index contributed by atoms with van der Waals surface area (Å²) in [4.78, 5) is 2.46. The van der Waals surface area contributed by atoms with Crippen LogP contribution in [0.15, 0.2) is 18.2 Å². The summed E-state index contributed by atoms with van der Waals surface area (Å²) in [5, 5.41) is 3.63. The first kappa shape index (κ1) is 17.2. The normalized spacial score (nSPS) is 14.6. The summed E-state index contributed by atoms with van der Waals surface area (Å²) < 4.78 is 0. The number of rotatable bonds is 8. The summed E-state index contributed by atoms with van der Waals surface area (Å²) in [5.41, 5.74) is 4.13. The van der Waals surface area contributed by atoms with Crippen LogP contribution in [-0.4, -0.2) is 31.6 Å². The van der Waals surface area contributed by atoms with Gasteiger partial charge in [0.15, 0.2) is 0 Å². The molecule has 1 rings (SSSR count). The van der Waals surface area contributed by atoms with Crippen LogP contribution in [0.5, 0.6) is 0 Å². The van der Waals surface area contributed by atoms with Gasteiger partial charge in [0.2, 0.25) is 0 Å². The van der Waals surface area contributed by atoms with Gasteiger partial charge in [-0.25, -0.2) is 0 Å². The average Bonchev–Trinajstić information content (AvgIpc) is 2.36. The van der Waals surface area contributed by atoms with Crippen molar-refractivity contribution in [3.8, 4) is 0 Å². The Morgan fingerprint density at radius 1 is 1.05 bits per heavy atom. The molecule has 0 radical (unpaired) electrons. The number of hydrogen-bond donors (Lipinski definition) is 1. The van der Waals surface area contributed by atoms with Crippen molar-refractivity contribution in [2.75, 3.05) is 26.7 Å². The molecule has 0 aliphatic heterocycles. The summed E-state index contributed by atoms with van der Waals surface area (Å²) >= 11 is 0. The van der Waals surface area contributed by atoms with Gasteiger partial charge < -0.3 is 10.2 Å². The minimum absolute atomic E-state index is 0.424. The second-order valence-corrected chi connectivity index (χ2v) is 6.27. The first-order chi connectivity index (χ1) is 9.46. The summed E-state index contributed by atoms with van der Waals surface area (Å²) in [7, 11) is 2.24. The Morgan fingerprint density at radius 3 is 2.15 bits per heavy atom. The third-order valence-corrected chi connectivity index (χ3v) is 3.91. The van der Waals surface area contributed by atoms with Crippen LogP contribution in [0.1, 0.15) is 49.9 Å². The van der Waals surface area contributed by atoms with E-state index in [0.29, 0.717) is 6.04 Å². The Morgan fingerprint density at radius 2 is 1.65 bits per heavy atom. The van der Waals surface area contributed by atoms with Crippen LogP contribution < -0.4 is 5.32 Å². The van der Waals surface area contributed by atoms with E-state index < -0.39 is 0 Å². The molecule has 0 heterocycles. The molecular formula is C18H32N2. The predicted octanol–water partition coefficient (Wildman–Crippen LogP) is 3.93. The SMILES string of the molecule is CCNC(CN(C)CC(C)CC)c1cc(C)cc(C)c1. The maximum absolute atomic E-state index is 3.63. The molecular weight excluding hydrogens is 244 g/mol. The maximum Gasteiger partial charge on any atom is 0.0449 e. The summed E-state index contributed by atoms with van der Waals surface area (Å²) in [6.45, 7) is 14.4. The molecule has 0 fully saturated rings. The largest absolute Gasteiger partial charge is 0.309 e. The highest BCUT2D eigenvalue weighted by Gasteiger charge is 2.14. The lowest BCUT2D eigenvalue weighted by Crippen LogP contribution is -2.35. The van der Waals surface area contributed by atoms with Gasteiger partial charge in [-0.1, -0.05) is 56.5 Å². The molecule has 20 heavy (non-hydrogen) atoms. The molecule has 0 saturated carbocycles.